The van der Waals surface area contributed by atoms with Crippen LogP contribution in [0.4, 0.5) is 0 Å². The van der Waals surface area contributed by atoms with Crippen LogP contribution in [0.5, 0.6) is 0 Å². The fourth-order valence-corrected chi connectivity index (χ4v) is 3.32. The molecule has 1 atom stereocenters. The van der Waals surface area contributed by atoms with E-state index in [9.17, 15) is 4.79 Å². The number of ether oxygens (including phenoxy) is 2. The molecule has 3 rings (SSSR count). The second-order valence-electron chi connectivity index (χ2n) is 5.78. The molecule has 1 unspecified atom stereocenters. The predicted molar refractivity (Wildman–Crippen MR) is 70.5 cm³/mol. The lowest BCUT2D eigenvalue weighted by Gasteiger charge is -2.43. The molecule has 0 radical (unpaired) electrons. The number of fused-ring (bicyclic) bond motifs is 1. The van der Waals surface area contributed by atoms with Gasteiger partial charge in [-0.25, -0.2) is 0 Å². The average Bonchev–Trinajstić information content (AvgIpc) is 2.92. The van der Waals surface area contributed by atoms with Gasteiger partial charge >= 0.3 is 0 Å². The molecule has 3 heterocycles. The van der Waals surface area contributed by atoms with Gasteiger partial charge in [0.25, 0.3) is 0 Å². The summed E-state index contributed by atoms with van der Waals surface area (Å²) in [4.78, 5) is 16.6. The quantitative estimate of drug-likeness (QED) is 0.768. The van der Waals surface area contributed by atoms with Crippen molar-refractivity contribution in [2.24, 2.45) is 0 Å². The van der Waals surface area contributed by atoms with E-state index in [0.29, 0.717) is 25.2 Å². The minimum absolute atomic E-state index is 0.0392. The lowest BCUT2D eigenvalue weighted by atomic mass is 9.97. The Kier molecular flexibility index (Phi) is 4.35. The third kappa shape index (κ3) is 3.27. The summed E-state index contributed by atoms with van der Waals surface area (Å²) in [6, 6.07) is 0.513. The van der Waals surface area contributed by atoms with E-state index in [1.54, 1.807) is 0 Å². The van der Waals surface area contributed by atoms with Crippen LogP contribution in [0.15, 0.2) is 0 Å². The number of carbonyl (C=O) groups is 1. The first kappa shape index (κ1) is 13.3. The van der Waals surface area contributed by atoms with Crippen molar-refractivity contribution < 1.29 is 14.3 Å². The highest BCUT2D eigenvalue weighted by Crippen LogP contribution is 2.25. The molecule has 0 aromatic carbocycles. The average molecular weight is 268 g/mol. The topological polar surface area (TPSA) is 42.0 Å². The Labute approximate surface area is 114 Å². The summed E-state index contributed by atoms with van der Waals surface area (Å²) >= 11 is 0. The van der Waals surface area contributed by atoms with Crippen molar-refractivity contribution in [1.82, 2.24) is 9.80 Å². The minimum Gasteiger partial charge on any atom is -0.350 e. The maximum absolute atomic E-state index is 12.1. The van der Waals surface area contributed by atoms with Crippen LogP contribution in [0.2, 0.25) is 0 Å². The van der Waals surface area contributed by atoms with Crippen LogP contribution in [0.1, 0.15) is 38.5 Å². The highest BCUT2D eigenvalue weighted by atomic mass is 16.7. The van der Waals surface area contributed by atoms with Crippen LogP contribution in [-0.4, -0.2) is 61.0 Å². The van der Waals surface area contributed by atoms with Crippen molar-refractivity contribution in [3.63, 3.8) is 0 Å². The third-order valence-electron chi connectivity index (χ3n) is 4.42. The fraction of sp³-hybridized carbons (Fsp3) is 0.929. The zero-order valence-corrected chi connectivity index (χ0v) is 11.6. The first-order valence-corrected chi connectivity index (χ1v) is 7.58. The van der Waals surface area contributed by atoms with Crippen LogP contribution in [0.3, 0.4) is 0 Å². The molecule has 3 aliphatic rings. The van der Waals surface area contributed by atoms with Gasteiger partial charge in [0.1, 0.15) is 0 Å². The number of hydrogen-bond acceptors (Lipinski definition) is 4. The Bertz CT molecular complexity index is 318. The largest absolute Gasteiger partial charge is 0.350 e. The Hall–Kier alpha value is -0.650. The van der Waals surface area contributed by atoms with Gasteiger partial charge in [-0.3, -0.25) is 9.69 Å². The molecule has 3 aliphatic heterocycles. The van der Waals surface area contributed by atoms with E-state index < -0.39 is 0 Å². The highest BCUT2D eigenvalue weighted by molar-refractivity contribution is 5.77. The summed E-state index contributed by atoms with van der Waals surface area (Å²) in [5.41, 5.74) is 0. The monoisotopic (exact) mass is 268 g/mol. The summed E-state index contributed by atoms with van der Waals surface area (Å²) in [6.07, 6.45) is 6.30. The Morgan fingerprint density at radius 1 is 1.21 bits per heavy atom. The summed E-state index contributed by atoms with van der Waals surface area (Å²) in [5, 5.41) is 0. The summed E-state index contributed by atoms with van der Waals surface area (Å²) in [5.74, 6) is 0.330. The van der Waals surface area contributed by atoms with Crippen molar-refractivity contribution >= 4 is 5.91 Å². The van der Waals surface area contributed by atoms with Gasteiger partial charge in [0.2, 0.25) is 5.91 Å². The molecule has 0 spiro atoms. The van der Waals surface area contributed by atoms with Crippen molar-refractivity contribution in [3.8, 4) is 0 Å². The second kappa shape index (κ2) is 6.20. The molecule has 108 valence electrons. The minimum atomic E-state index is -0.0392. The molecule has 1 amide bonds. The summed E-state index contributed by atoms with van der Waals surface area (Å²) < 4.78 is 10.8. The number of amides is 1. The zero-order chi connectivity index (χ0) is 13.1. The van der Waals surface area contributed by atoms with E-state index in [4.69, 9.17) is 9.47 Å². The molecule has 5 nitrogen and oxygen atoms in total. The second-order valence-corrected chi connectivity index (χ2v) is 5.78. The van der Waals surface area contributed by atoms with Crippen LogP contribution in [0, 0.1) is 0 Å². The molecule has 0 N–H and O–H groups in total. The van der Waals surface area contributed by atoms with Gasteiger partial charge in [-0.05, 0) is 19.3 Å². The third-order valence-corrected chi connectivity index (χ3v) is 4.42. The van der Waals surface area contributed by atoms with Crippen LogP contribution in [0.25, 0.3) is 0 Å². The number of piperidine rings is 1. The number of hydrogen-bond donors (Lipinski definition) is 0. The Balaban J connectivity index is 1.43. The van der Waals surface area contributed by atoms with Gasteiger partial charge in [0, 0.05) is 32.0 Å². The van der Waals surface area contributed by atoms with E-state index in [2.05, 4.69) is 4.90 Å². The van der Waals surface area contributed by atoms with E-state index >= 15 is 0 Å². The number of rotatable bonds is 4. The summed E-state index contributed by atoms with van der Waals surface area (Å²) in [6.45, 7) is 4.25. The van der Waals surface area contributed by atoms with Gasteiger partial charge in [0.15, 0.2) is 6.29 Å². The number of nitrogens with zero attached hydrogens (tertiary/aromatic N) is 2. The van der Waals surface area contributed by atoms with E-state index in [0.717, 1.165) is 39.0 Å². The molecule has 0 bridgehead atoms. The Morgan fingerprint density at radius 2 is 2.05 bits per heavy atom. The SMILES string of the molecule is O=C1CC2CCCCN2CN1CCCC1OCCO1. The van der Waals surface area contributed by atoms with Crippen molar-refractivity contribution in [1.29, 1.82) is 0 Å². The molecule has 5 heteroatoms. The van der Waals surface area contributed by atoms with Crippen LogP contribution < -0.4 is 0 Å². The molecule has 19 heavy (non-hydrogen) atoms. The van der Waals surface area contributed by atoms with E-state index in [1.165, 1.54) is 19.3 Å². The van der Waals surface area contributed by atoms with Crippen LogP contribution in [-0.2, 0) is 14.3 Å². The molecule has 0 aromatic heterocycles. The smallest absolute Gasteiger partial charge is 0.225 e. The van der Waals surface area contributed by atoms with Gasteiger partial charge < -0.3 is 14.4 Å². The molecular weight excluding hydrogens is 244 g/mol. The molecule has 3 saturated heterocycles. The van der Waals surface area contributed by atoms with Crippen molar-refractivity contribution in [2.75, 3.05) is 33.0 Å². The van der Waals surface area contributed by atoms with Crippen molar-refractivity contribution in [3.05, 3.63) is 0 Å². The number of carbonyl (C=O) groups excluding carboxylic acids is 1. The maximum atomic E-state index is 12.1. The van der Waals surface area contributed by atoms with Gasteiger partial charge in [-0.2, -0.15) is 0 Å². The summed E-state index contributed by atoms with van der Waals surface area (Å²) in [7, 11) is 0. The first-order chi connectivity index (χ1) is 9.33. The van der Waals surface area contributed by atoms with Gasteiger partial charge in [0.05, 0.1) is 19.9 Å². The van der Waals surface area contributed by atoms with E-state index in [1.807, 2.05) is 4.90 Å². The van der Waals surface area contributed by atoms with Gasteiger partial charge in [-0.1, -0.05) is 6.42 Å². The van der Waals surface area contributed by atoms with E-state index in [-0.39, 0.29) is 6.29 Å². The van der Waals surface area contributed by atoms with Gasteiger partial charge in [-0.15, -0.1) is 0 Å². The lowest BCUT2D eigenvalue weighted by Crippen LogP contribution is -2.55. The zero-order valence-electron chi connectivity index (χ0n) is 11.6. The standard InChI is InChI=1S/C14H24N2O3/c17-13-10-12-4-1-2-6-15(12)11-16(13)7-3-5-14-18-8-9-19-14/h12,14H,1-11H2. The maximum Gasteiger partial charge on any atom is 0.225 e. The lowest BCUT2D eigenvalue weighted by molar-refractivity contribution is -0.142. The predicted octanol–water partition coefficient (Wildman–Crippen LogP) is 1.18. The highest BCUT2D eigenvalue weighted by Gasteiger charge is 2.33. The van der Waals surface area contributed by atoms with Crippen LogP contribution >= 0.6 is 0 Å². The normalized spacial score (nSPS) is 29.8. The molecule has 0 aromatic rings. The molecule has 0 saturated carbocycles. The molecule has 3 fully saturated rings. The van der Waals surface area contributed by atoms with Crippen molar-refractivity contribution in [2.45, 2.75) is 50.9 Å². The first-order valence-electron chi connectivity index (χ1n) is 7.58. The molecular formula is C14H24N2O3. The Morgan fingerprint density at radius 3 is 2.89 bits per heavy atom. The fourth-order valence-electron chi connectivity index (χ4n) is 3.32. The molecule has 0 aliphatic carbocycles.